The number of carbonyl (C=O) groups is 3. The molecule has 11 heteroatoms. The quantitative estimate of drug-likeness (QED) is 0.257. The molecule has 3 aromatic rings. The Balaban J connectivity index is 1.52. The summed E-state index contributed by atoms with van der Waals surface area (Å²) < 4.78 is 5.38. The number of aromatic amines is 1. The Kier molecular flexibility index (Phi) is 9.78. The van der Waals surface area contributed by atoms with Crippen LogP contribution in [0.15, 0.2) is 42.5 Å². The molecule has 234 valence electrons. The molecule has 45 heavy (non-hydrogen) atoms. The lowest BCUT2D eigenvalue weighted by atomic mass is 9.96. The summed E-state index contributed by atoms with van der Waals surface area (Å²) in [6.07, 6.45) is 0.942. The molecule has 0 saturated carbocycles. The number of hydrogen-bond donors (Lipinski definition) is 4. The average Bonchev–Trinajstić information content (AvgIpc) is 3.56. The molecule has 1 unspecified atom stereocenters. The molecule has 0 bridgehead atoms. The zero-order valence-corrected chi connectivity index (χ0v) is 25.8. The van der Waals surface area contributed by atoms with Crippen LogP contribution in [-0.2, 0) is 9.53 Å². The zero-order valence-electron chi connectivity index (χ0n) is 25.8. The van der Waals surface area contributed by atoms with Crippen LogP contribution < -0.4 is 10.6 Å². The van der Waals surface area contributed by atoms with Crippen LogP contribution in [0.1, 0.15) is 57.1 Å². The number of aliphatic hydroxyl groups excluding tert-OH is 1. The van der Waals surface area contributed by atoms with Gasteiger partial charge in [-0.15, -0.1) is 0 Å². The Morgan fingerprint density at radius 1 is 1.16 bits per heavy atom. The number of anilines is 1. The highest BCUT2D eigenvalue weighted by atomic mass is 16.5. The van der Waals surface area contributed by atoms with Crippen LogP contribution in [0.3, 0.4) is 0 Å². The summed E-state index contributed by atoms with van der Waals surface area (Å²) in [4.78, 5) is 47.2. The number of aromatic nitrogens is 1. The number of aliphatic hydroxyl groups is 1. The van der Waals surface area contributed by atoms with E-state index in [0.29, 0.717) is 88.9 Å². The third-order valence-corrected chi connectivity index (χ3v) is 8.24. The smallest absolute Gasteiger partial charge is 0.256 e. The van der Waals surface area contributed by atoms with Crippen LogP contribution in [0.25, 0.3) is 22.8 Å². The predicted octanol–water partition coefficient (Wildman–Crippen LogP) is 3.26. The van der Waals surface area contributed by atoms with Crippen molar-refractivity contribution < 1.29 is 24.2 Å². The van der Waals surface area contributed by atoms with Crippen LogP contribution in [0.5, 0.6) is 0 Å². The molecule has 2 aromatic carbocycles. The number of nitrogens with one attached hydrogen (secondary N) is 3. The van der Waals surface area contributed by atoms with Gasteiger partial charge >= 0.3 is 0 Å². The second-order valence-corrected chi connectivity index (χ2v) is 11.1. The van der Waals surface area contributed by atoms with Gasteiger partial charge in [-0.2, -0.15) is 5.26 Å². The van der Waals surface area contributed by atoms with Gasteiger partial charge in [0.05, 0.1) is 42.1 Å². The number of nitrogens with zero attached hydrogens (tertiary/aromatic N) is 3. The predicted molar refractivity (Wildman–Crippen MR) is 171 cm³/mol. The monoisotopic (exact) mass is 610 g/mol. The number of ether oxygens (including phenoxy) is 1. The second-order valence-electron chi connectivity index (χ2n) is 11.1. The maximum absolute atomic E-state index is 13.6. The molecule has 2 aliphatic rings. The van der Waals surface area contributed by atoms with Gasteiger partial charge in [-0.25, -0.2) is 0 Å². The average molecular weight is 611 g/mol. The van der Waals surface area contributed by atoms with E-state index in [2.05, 4.69) is 26.6 Å². The van der Waals surface area contributed by atoms with Crippen molar-refractivity contribution in [3.63, 3.8) is 0 Å². The van der Waals surface area contributed by atoms with Gasteiger partial charge in [-0.3, -0.25) is 14.4 Å². The fourth-order valence-electron chi connectivity index (χ4n) is 5.75. The summed E-state index contributed by atoms with van der Waals surface area (Å²) in [6.45, 7) is 9.87. The van der Waals surface area contributed by atoms with Crippen molar-refractivity contribution in [3.05, 3.63) is 76.1 Å². The molecule has 3 heterocycles. The number of benzene rings is 2. The summed E-state index contributed by atoms with van der Waals surface area (Å²) in [5.74, 6) is -0.832. The maximum atomic E-state index is 13.6. The van der Waals surface area contributed by atoms with Crippen molar-refractivity contribution in [1.82, 2.24) is 20.1 Å². The largest absolute Gasteiger partial charge is 0.390 e. The SMILES string of the molecule is CCN(CC)CC(O)CNC(=O)c1c(C)[nH]c(/C=C2\C(=O)Nc3ccc(C(=O)N4CCOCC4)cc32)c1-c1ccc(C#N)cc1. The van der Waals surface area contributed by atoms with E-state index in [0.717, 1.165) is 13.1 Å². The van der Waals surface area contributed by atoms with Gasteiger partial charge in [-0.1, -0.05) is 26.0 Å². The molecule has 0 spiro atoms. The first kappa shape index (κ1) is 31.7. The fourth-order valence-corrected chi connectivity index (χ4v) is 5.75. The highest BCUT2D eigenvalue weighted by Gasteiger charge is 2.29. The Hall–Kier alpha value is -4.76. The third-order valence-electron chi connectivity index (χ3n) is 8.24. The molecular formula is C34H38N6O5. The highest BCUT2D eigenvalue weighted by Crippen LogP contribution is 2.38. The fraction of sp³-hybridized carbons (Fsp3) is 0.353. The van der Waals surface area contributed by atoms with E-state index in [1.165, 1.54) is 0 Å². The standard InChI is InChI=1S/C34H38N6O5/c1-4-39(5-2)20-25(41)19-36-33(43)30-21(3)37-29(31(30)23-8-6-22(18-35)7-9-23)17-27-26-16-24(10-11-28(26)38-32(27)42)34(44)40-12-14-45-15-13-40/h6-11,16-17,25,37,41H,4-5,12-15,19-20H2,1-3H3,(H,36,43)(H,38,42)/b27-17-. The summed E-state index contributed by atoms with van der Waals surface area (Å²) in [6, 6.07) is 14.1. The minimum absolute atomic E-state index is 0.0684. The van der Waals surface area contributed by atoms with E-state index < -0.39 is 6.10 Å². The van der Waals surface area contributed by atoms with Crippen LogP contribution in [0, 0.1) is 18.3 Å². The number of H-pyrrole nitrogens is 1. The van der Waals surface area contributed by atoms with Crippen molar-refractivity contribution in [2.75, 3.05) is 57.8 Å². The first-order valence-electron chi connectivity index (χ1n) is 15.2. The normalized spacial score (nSPS) is 16.0. The van der Waals surface area contributed by atoms with Crippen LogP contribution in [-0.4, -0.2) is 96.2 Å². The number of fused-ring (bicyclic) bond motifs is 1. The molecule has 1 fully saturated rings. The molecule has 0 radical (unpaired) electrons. The molecule has 11 nitrogen and oxygen atoms in total. The first-order valence-corrected chi connectivity index (χ1v) is 15.2. The number of aryl methyl sites for hydroxylation is 1. The van der Waals surface area contributed by atoms with Crippen molar-refractivity contribution in [2.45, 2.75) is 26.9 Å². The number of morpholine rings is 1. The van der Waals surface area contributed by atoms with Gasteiger partial charge in [-0.05, 0) is 62.0 Å². The Morgan fingerprint density at radius 3 is 2.53 bits per heavy atom. The summed E-state index contributed by atoms with van der Waals surface area (Å²) >= 11 is 0. The van der Waals surface area contributed by atoms with E-state index in [9.17, 15) is 24.8 Å². The highest BCUT2D eigenvalue weighted by molar-refractivity contribution is 6.35. The number of carbonyl (C=O) groups excluding carboxylic acids is 3. The summed E-state index contributed by atoms with van der Waals surface area (Å²) in [7, 11) is 0. The molecule has 2 aliphatic heterocycles. The van der Waals surface area contributed by atoms with Crippen LogP contribution >= 0.6 is 0 Å². The topological polar surface area (TPSA) is 151 Å². The zero-order chi connectivity index (χ0) is 32.1. The molecule has 3 amide bonds. The second kappa shape index (κ2) is 13.9. The molecule has 4 N–H and O–H groups in total. The van der Waals surface area contributed by atoms with Gasteiger partial charge in [0.15, 0.2) is 0 Å². The van der Waals surface area contributed by atoms with E-state index in [1.807, 2.05) is 13.8 Å². The molecule has 1 aromatic heterocycles. The van der Waals surface area contributed by atoms with Crippen molar-refractivity contribution in [2.24, 2.45) is 0 Å². The number of rotatable bonds is 10. The first-order chi connectivity index (χ1) is 21.7. The van der Waals surface area contributed by atoms with Gasteiger partial charge < -0.3 is 35.3 Å². The molecule has 1 atom stereocenters. The molecular weight excluding hydrogens is 572 g/mol. The minimum atomic E-state index is -0.749. The van der Waals surface area contributed by atoms with E-state index in [4.69, 9.17) is 4.74 Å². The van der Waals surface area contributed by atoms with Gasteiger partial charge in [0, 0.05) is 59.9 Å². The Morgan fingerprint density at radius 2 is 1.87 bits per heavy atom. The van der Waals surface area contributed by atoms with Gasteiger partial charge in [0.2, 0.25) is 0 Å². The van der Waals surface area contributed by atoms with E-state index >= 15 is 0 Å². The Labute approximate surface area is 262 Å². The summed E-state index contributed by atoms with van der Waals surface area (Å²) in [5.41, 5.74) is 5.16. The van der Waals surface area contributed by atoms with Crippen molar-refractivity contribution >= 4 is 35.1 Å². The summed E-state index contributed by atoms with van der Waals surface area (Å²) in [5, 5.41) is 25.7. The minimum Gasteiger partial charge on any atom is -0.390 e. The Bertz CT molecular complexity index is 1660. The molecule has 0 aliphatic carbocycles. The van der Waals surface area contributed by atoms with Crippen LogP contribution in [0.4, 0.5) is 5.69 Å². The van der Waals surface area contributed by atoms with E-state index in [1.54, 1.807) is 60.4 Å². The van der Waals surface area contributed by atoms with E-state index in [-0.39, 0.29) is 24.3 Å². The number of nitriles is 1. The number of amides is 3. The molecule has 5 rings (SSSR count). The number of hydrogen-bond acceptors (Lipinski definition) is 7. The third kappa shape index (κ3) is 6.83. The van der Waals surface area contributed by atoms with Crippen LogP contribution in [0.2, 0.25) is 0 Å². The van der Waals surface area contributed by atoms with Gasteiger partial charge in [0.25, 0.3) is 17.7 Å². The van der Waals surface area contributed by atoms with Gasteiger partial charge in [0.1, 0.15) is 0 Å². The lowest BCUT2D eigenvalue weighted by Crippen LogP contribution is -2.40. The lowest BCUT2D eigenvalue weighted by molar-refractivity contribution is -0.110. The maximum Gasteiger partial charge on any atom is 0.256 e. The number of likely N-dealkylation sites (N-methyl/N-ethyl adjacent to an activating group) is 1. The van der Waals surface area contributed by atoms with Crippen molar-refractivity contribution in [3.8, 4) is 17.2 Å². The van der Waals surface area contributed by atoms with Crippen molar-refractivity contribution in [1.29, 1.82) is 5.26 Å². The molecule has 1 saturated heterocycles. The lowest BCUT2D eigenvalue weighted by Gasteiger charge is -2.27.